The Morgan fingerprint density at radius 3 is 2.15 bits per heavy atom. The topological polar surface area (TPSA) is 75.6 Å². The van der Waals surface area contributed by atoms with Crippen molar-refractivity contribution in [3.8, 4) is 11.5 Å². The van der Waals surface area contributed by atoms with Gasteiger partial charge >= 0.3 is 12.4 Å². The first-order chi connectivity index (χ1) is 13.5. The standard InChI is InChI=1S/C14H13ClF6N6/c1-6(13(16,17)18)22-11-25-10(8-4-3-5-9(15)24-8)26-12(27-11)23-7(2)14(19,20)21/h3-7H,1-2H3,(H2,22,23,25,26,27)/i3D,4D,6D. The molecule has 0 amide bonds. The molecule has 0 spiro atoms. The maximum absolute atomic E-state index is 13.0. The Morgan fingerprint density at radius 1 is 1.00 bits per heavy atom. The summed E-state index contributed by atoms with van der Waals surface area (Å²) in [5.41, 5.74) is -0.473. The number of nitrogens with one attached hydrogen (secondary N) is 2. The first-order valence-corrected chi connectivity index (χ1v) is 7.47. The molecule has 0 aromatic carbocycles. The molecule has 0 radical (unpaired) electrons. The Kier molecular flexibility index (Phi) is 4.79. The second kappa shape index (κ2) is 7.71. The second-order valence-corrected chi connectivity index (χ2v) is 5.55. The average molecular weight is 418 g/mol. The highest BCUT2D eigenvalue weighted by atomic mass is 35.5. The van der Waals surface area contributed by atoms with Gasteiger partial charge in [-0.25, -0.2) is 4.98 Å². The lowest BCUT2D eigenvalue weighted by Crippen LogP contribution is -2.35. The van der Waals surface area contributed by atoms with Gasteiger partial charge < -0.3 is 10.6 Å². The molecule has 2 unspecified atom stereocenters. The number of anilines is 2. The number of hydrogen-bond acceptors (Lipinski definition) is 6. The summed E-state index contributed by atoms with van der Waals surface area (Å²) in [4.78, 5) is 14.4. The van der Waals surface area contributed by atoms with Gasteiger partial charge in [0, 0.05) is 0 Å². The molecule has 148 valence electrons. The molecule has 2 rings (SSSR count). The minimum Gasteiger partial charge on any atom is -0.343 e. The van der Waals surface area contributed by atoms with Crippen LogP contribution in [0.5, 0.6) is 0 Å². The number of halogens is 7. The van der Waals surface area contributed by atoms with E-state index in [2.05, 4.69) is 19.9 Å². The van der Waals surface area contributed by atoms with Crippen LogP contribution in [0.2, 0.25) is 5.15 Å². The van der Waals surface area contributed by atoms with Gasteiger partial charge in [-0.2, -0.15) is 41.3 Å². The molecule has 2 heterocycles. The predicted molar refractivity (Wildman–Crippen MR) is 86.3 cm³/mol. The van der Waals surface area contributed by atoms with Crippen LogP contribution < -0.4 is 10.6 Å². The van der Waals surface area contributed by atoms with E-state index in [1.165, 1.54) is 0 Å². The molecule has 0 aliphatic carbocycles. The lowest BCUT2D eigenvalue weighted by atomic mass is 10.3. The van der Waals surface area contributed by atoms with Gasteiger partial charge in [-0.15, -0.1) is 0 Å². The van der Waals surface area contributed by atoms with E-state index in [0.29, 0.717) is 6.92 Å². The summed E-state index contributed by atoms with van der Waals surface area (Å²) in [5, 5.41) is 3.25. The van der Waals surface area contributed by atoms with Gasteiger partial charge in [-0.05, 0) is 26.0 Å². The van der Waals surface area contributed by atoms with Gasteiger partial charge in [0.1, 0.15) is 22.9 Å². The molecule has 2 atom stereocenters. The summed E-state index contributed by atoms with van der Waals surface area (Å²) in [7, 11) is 0. The van der Waals surface area contributed by atoms with E-state index in [4.69, 9.17) is 15.7 Å². The van der Waals surface area contributed by atoms with Gasteiger partial charge in [-0.1, -0.05) is 17.6 Å². The number of aromatic nitrogens is 4. The zero-order valence-electron chi connectivity index (χ0n) is 16.6. The molecule has 0 bridgehead atoms. The van der Waals surface area contributed by atoms with Crippen LogP contribution in [0.3, 0.4) is 0 Å². The predicted octanol–water partition coefficient (Wildman–Crippen LogP) is 4.31. The summed E-state index contributed by atoms with van der Waals surface area (Å²) >= 11 is 5.72. The van der Waals surface area contributed by atoms with Crippen LogP contribution in [-0.4, -0.2) is 44.3 Å². The van der Waals surface area contributed by atoms with Crippen LogP contribution >= 0.6 is 11.6 Å². The lowest BCUT2D eigenvalue weighted by molar-refractivity contribution is -0.139. The molecule has 2 N–H and O–H groups in total. The van der Waals surface area contributed by atoms with Crippen LogP contribution in [0.15, 0.2) is 18.2 Å². The molecule has 6 nitrogen and oxygen atoms in total. The third-order valence-electron chi connectivity index (χ3n) is 3.01. The zero-order valence-corrected chi connectivity index (χ0v) is 14.3. The summed E-state index contributed by atoms with van der Waals surface area (Å²) in [5.74, 6) is -2.32. The van der Waals surface area contributed by atoms with E-state index < -0.39 is 59.9 Å². The maximum Gasteiger partial charge on any atom is 0.408 e. The number of alkyl halides is 6. The number of nitrogens with zero attached hydrogens (tertiary/aromatic N) is 4. The van der Waals surface area contributed by atoms with Gasteiger partial charge in [-0.3, -0.25) is 0 Å². The quantitative estimate of drug-likeness (QED) is 0.557. The van der Waals surface area contributed by atoms with Crippen molar-refractivity contribution in [3.05, 3.63) is 23.3 Å². The Morgan fingerprint density at radius 2 is 1.59 bits per heavy atom. The fourth-order valence-electron chi connectivity index (χ4n) is 1.55. The van der Waals surface area contributed by atoms with Crippen molar-refractivity contribution in [2.75, 3.05) is 10.6 Å². The summed E-state index contributed by atoms with van der Waals surface area (Å²) < 4.78 is 100. The van der Waals surface area contributed by atoms with Crippen molar-refractivity contribution in [2.45, 2.75) is 38.3 Å². The van der Waals surface area contributed by atoms with Crippen molar-refractivity contribution in [2.24, 2.45) is 0 Å². The van der Waals surface area contributed by atoms with Gasteiger partial charge in [0.2, 0.25) is 11.9 Å². The van der Waals surface area contributed by atoms with Crippen molar-refractivity contribution in [3.63, 3.8) is 0 Å². The van der Waals surface area contributed by atoms with Crippen LogP contribution in [-0.2, 0) is 0 Å². The Balaban J connectivity index is 2.61. The molecule has 0 fully saturated rings. The molecule has 0 saturated carbocycles. The van der Waals surface area contributed by atoms with Crippen LogP contribution in [0.4, 0.5) is 38.2 Å². The Hall–Kier alpha value is -2.37. The summed E-state index contributed by atoms with van der Waals surface area (Å²) in [6.45, 7) is 1.16. The van der Waals surface area contributed by atoms with E-state index in [0.717, 1.165) is 13.0 Å². The highest BCUT2D eigenvalue weighted by Gasteiger charge is 2.38. The maximum atomic E-state index is 13.0. The third kappa shape index (κ3) is 5.81. The average Bonchev–Trinajstić information content (AvgIpc) is 2.55. The van der Waals surface area contributed by atoms with Gasteiger partial charge in [0.05, 0.1) is 4.11 Å². The molecule has 0 aliphatic rings. The summed E-state index contributed by atoms with van der Waals surface area (Å²) in [6.07, 6.45) is -9.82. The molecule has 2 aromatic rings. The minimum absolute atomic E-state index is 0.278. The first-order valence-electron chi connectivity index (χ1n) is 8.59. The number of rotatable bonds is 5. The van der Waals surface area contributed by atoms with Crippen LogP contribution in [0.25, 0.3) is 11.5 Å². The van der Waals surface area contributed by atoms with E-state index >= 15 is 0 Å². The van der Waals surface area contributed by atoms with Gasteiger partial charge in [0.25, 0.3) is 0 Å². The number of pyridine rings is 1. The lowest BCUT2D eigenvalue weighted by Gasteiger charge is -2.20. The van der Waals surface area contributed by atoms with E-state index in [9.17, 15) is 26.3 Å². The van der Waals surface area contributed by atoms with Crippen molar-refractivity contribution < 1.29 is 30.5 Å². The normalized spacial score (nSPS) is 17.3. The SMILES string of the molecule is [2H]c1cc(Cl)nc(-c2nc(NC(C)C(F)(F)F)nc(NC([2H])(C)C(F)(F)F)n2)c1[2H]. The molecule has 2 aromatic heterocycles. The molecular weight excluding hydrogens is 402 g/mol. The smallest absolute Gasteiger partial charge is 0.343 e. The third-order valence-corrected chi connectivity index (χ3v) is 3.20. The largest absolute Gasteiger partial charge is 0.408 e. The Labute approximate surface area is 158 Å². The molecule has 0 saturated heterocycles. The number of hydrogen-bond donors (Lipinski definition) is 2. The monoisotopic (exact) mass is 417 g/mol. The van der Waals surface area contributed by atoms with Crippen LogP contribution in [0.1, 0.15) is 18.0 Å². The molecular formula is C14H13ClF6N6. The van der Waals surface area contributed by atoms with Crippen molar-refractivity contribution in [1.82, 2.24) is 19.9 Å². The fraction of sp³-hybridized carbons (Fsp3) is 0.429. The summed E-state index contributed by atoms with van der Waals surface area (Å²) in [6, 6.07) is -5.50. The van der Waals surface area contributed by atoms with Crippen LogP contribution in [0, 0.1) is 0 Å². The van der Waals surface area contributed by atoms with Crippen molar-refractivity contribution >= 4 is 23.5 Å². The van der Waals surface area contributed by atoms with E-state index in [1.807, 2.05) is 5.32 Å². The minimum atomic E-state index is -5.09. The zero-order chi connectivity index (χ0) is 23.1. The van der Waals surface area contributed by atoms with Crippen molar-refractivity contribution in [1.29, 1.82) is 0 Å². The first kappa shape index (κ1) is 16.8. The highest BCUT2D eigenvalue weighted by molar-refractivity contribution is 6.29. The van der Waals surface area contributed by atoms with E-state index in [-0.39, 0.29) is 5.15 Å². The Bertz CT molecular complexity index is 940. The fourth-order valence-corrected chi connectivity index (χ4v) is 1.69. The second-order valence-electron chi connectivity index (χ2n) is 5.16. The molecule has 13 heteroatoms. The van der Waals surface area contributed by atoms with E-state index in [1.54, 1.807) is 5.32 Å². The van der Waals surface area contributed by atoms with Gasteiger partial charge in [0.15, 0.2) is 5.82 Å². The molecule has 27 heavy (non-hydrogen) atoms. The highest BCUT2D eigenvalue weighted by Crippen LogP contribution is 2.26. The molecule has 0 aliphatic heterocycles.